The number of fused-ring (bicyclic) bond motifs is 2. The first-order valence-corrected chi connectivity index (χ1v) is 9.59. The van der Waals surface area contributed by atoms with Crippen LogP contribution in [0.4, 0.5) is 0 Å². The molecule has 24 heavy (non-hydrogen) atoms. The standard InChI is InChI=1S/C23H31N/c1-15-8-10-18-17(14-15)16-9-11-19(24)21(20(16)22(18,2)3)23(4)12-6-5-7-13-23/h5-8,10,12,15-16,20H,9,11,13-14,24H2,1-4H3. The van der Waals surface area contributed by atoms with Gasteiger partial charge in [0.05, 0.1) is 0 Å². The maximum Gasteiger partial charge on any atom is 0.0123 e. The Bertz CT molecular complexity index is 712. The van der Waals surface area contributed by atoms with Gasteiger partial charge in [0.15, 0.2) is 0 Å². The monoisotopic (exact) mass is 321 g/mol. The van der Waals surface area contributed by atoms with E-state index in [4.69, 9.17) is 5.73 Å². The maximum absolute atomic E-state index is 6.67. The summed E-state index contributed by atoms with van der Waals surface area (Å²) in [7, 11) is 0. The molecule has 0 aromatic rings. The van der Waals surface area contributed by atoms with Crippen molar-refractivity contribution in [2.75, 3.05) is 0 Å². The zero-order valence-corrected chi connectivity index (χ0v) is 15.6. The van der Waals surface area contributed by atoms with E-state index in [9.17, 15) is 0 Å². The average Bonchev–Trinajstić information content (AvgIpc) is 2.75. The van der Waals surface area contributed by atoms with Crippen molar-refractivity contribution in [2.45, 2.75) is 53.4 Å². The lowest BCUT2D eigenvalue weighted by molar-refractivity contribution is 0.217. The first kappa shape index (κ1) is 16.0. The third-order valence-corrected chi connectivity index (χ3v) is 7.05. The first-order valence-electron chi connectivity index (χ1n) is 9.59. The minimum Gasteiger partial charge on any atom is -0.402 e. The van der Waals surface area contributed by atoms with Gasteiger partial charge in [0, 0.05) is 11.1 Å². The molecule has 0 amide bonds. The van der Waals surface area contributed by atoms with Crippen LogP contribution in [-0.4, -0.2) is 0 Å². The van der Waals surface area contributed by atoms with E-state index in [-0.39, 0.29) is 10.8 Å². The molecule has 1 heteroatoms. The van der Waals surface area contributed by atoms with Gasteiger partial charge in [-0.05, 0) is 60.0 Å². The summed E-state index contributed by atoms with van der Waals surface area (Å²) in [6.07, 6.45) is 18.6. The maximum atomic E-state index is 6.67. The summed E-state index contributed by atoms with van der Waals surface area (Å²) in [5.74, 6) is 1.94. The molecule has 0 aromatic carbocycles. The molecule has 4 atom stereocenters. The van der Waals surface area contributed by atoms with E-state index >= 15 is 0 Å². The van der Waals surface area contributed by atoms with Crippen LogP contribution < -0.4 is 5.73 Å². The van der Waals surface area contributed by atoms with Crippen LogP contribution in [0.1, 0.15) is 53.4 Å². The SMILES string of the molecule is CC1C=CC2=C(C1)C1CCC(N)=C(C3(C)C=CC=CC3)C1C2(C)C. The molecule has 0 heterocycles. The normalized spacial score (nSPS) is 40.1. The Balaban J connectivity index is 1.82. The van der Waals surface area contributed by atoms with Gasteiger partial charge in [-0.15, -0.1) is 0 Å². The van der Waals surface area contributed by atoms with Gasteiger partial charge in [-0.2, -0.15) is 0 Å². The highest BCUT2D eigenvalue weighted by atomic mass is 14.7. The minimum absolute atomic E-state index is 0.0867. The van der Waals surface area contributed by atoms with Crippen LogP contribution in [0.25, 0.3) is 0 Å². The molecule has 0 spiro atoms. The van der Waals surface area contributed by atoms with Gasteiger partial charge >= 0.3 is 0 Å². The Labute approximate surface area is 147 Å². The van der Waals surface area contributed by atoms with Crippen LogP contribution in [-0.2, 0) is 0 Å². The lowest BCUT2D eigenvalue weighted by atomic mass is 9.58. The van der Waals surface area contributed by atoms with E-state index in [1.807, 2.05) is 0 Å². The van der Waals surface area contributed by atoms with Gasteiger partial charge < -0.3 is 5.73 Å². The van der Waals surface area contributed by atoms with Gasteiger partial charge in [0.25, 0.3) is 0 Å². The number of hydrogen-bond donors (Lipinski definition) is 1. The molecule has 0 bridgehead atoms. The second kappa shape index (κ2) is 5.25. The third-order valence-electron chi connectivity index (χ3n) is 7.05. The predicted molar refractivity (Wildman–Crippen MR) is 102 cm³/mol. The highest BCUT2D eigenvalue weighted by Crippen LogP contribution is 2.63. The van der Waals surface area contributed by atoms with Crippen LogP contribution >= 0.6 is 0 Å². The Hall–Kier alpha value is -1.50. The molecule has 0 aromatic heterocycles. The second-order valence-corrected chi connectivity index (χ2v) is 9.17. The first-order chi connectivity index (χ1) is 11.3. The van der Waals surface area contributed by atoms with Crippen molar-refractivity contribution in [1.29, 1.82) is 0 Å². The van der Waals surface area contributed by atoms with Crippen molar-refractivity contribution >= 4 is 0 Å². The van der Waals surface area contributed by atoms with Crippen molar-refractivity contribution < 1.29 is 0 Å². The Kier molecular flexibility index (Phi) is 3.50. The van der Waals surface area contributed by atoms with Gasteiger partial charge in [-0.25, -0.2) is 0 Å². The summed E-state index contributed by atoms with van der Waals surface area (Å²) in [6.45, 7) is 9.66. The molecule has 4 rings (SSSR count). The molecule has 0 radical (unpaired) electrons. The van der Waals surface area contributed by atoms with Crippen LogP contribution in [0.15, 0.2) is 58.9 Å². The summed E-state index contributed by atoms with van der Waals surface area (Å²) in [4.78, 5) is 0. The molecule has 4 aliphatic rings. The molecule has 0 saturated carbocycles. The molecule has 4 unspecified atom stereocenters. The lowest BCUT2D eigenvalue weighted by Crippen LogP contribution is -2.38. The second-order valence-electron chi connectivity index (χ2n) is 9.17. The van der Waals surface area contributed by atoms with Crippen LogP contribution in [0, 0.1) is 28.6 Å². The number of allylic oxidation sites excluding steroid dienone is 10. The molecule has 0 aliphatic heterocycles. The number of hydrogen-bond acceptors (Lipinski definition) is 1. The fourth-order valence-electron chi connectivity index (χ4n) is 5.94. The number of nitrogens with two attached hydrogens (primary N) is 1. The van der Waals surface area contributed by atoms with E-state index < -0.39 is 0 Å². The van der Waals surface area contributed by atoms with Gasteiger partial charge in [-0.1, -0.05) is 69.7 Å². The summed E-state index contributed by atoms with van der Waals surface area (Å²) in [5.41, 5.74) is 13.0. The fourth-order valence-corrected chi connectivity index (χ4v) is 5.94. The highest BCUT2D eigenvalue weighted by Gasteiger charge is 2.53. The predicted octanol–water partition coefficient (Wildman–Crippen LogP) is 5.68. The van der Waals surface area contributed by atoms with Crippen LogP contribution in [0.5, 0.6) is 0 Å². The Morgan fingerprint density at radius 3 is 2.67 bits per heavy atom. The zero-order chi connectivity index (χ0) is 17.1. The molecule has 128 valence electrons. The largest absolute Gasteiger partial charge is 0.402 e. The highest BCUT2D eigenvalue weighted by molar-refractivity contribution is 5.49. The van der Waals surface area contributed by atoms with E-state index in [0.29, 0.717) is 17.8 Å². The third kappa shape index (κ3) is 2.13. The van der Waals surface area contributed by atoms with Crippen molar-refractivity contribution in [3.05, 3.63) is 58.9 Å². The van der Waals surface area contributed by atoms with E-state index in [1.165, 1.54) is 18.5 Å². The quantitative estimate of drug-likeness (QED) is 0.660. The fraction of sp³-hybridized carbons (Fsp3) is 0.565. The Morgan fingerprint density at radius 2 is 1.96 bits per heavy atom. The van der Waals surface area contributed by atoms with Gasteiger partial charge in [0.1, 0.15) is 0 Å². The molecule has 4 aliphatic carbocycles. The topological polar surface area (TPSA) is 26.0 Å². The summed E-state index contributed by atoms with van der Waals surface area (Å²) >= 11 is 0. The van der Waals surface area contributed by atoms with E-state index in [0.717, 1.165) is 12.8 Å². The average molecular weight is 322 g/mol. The molecule has 0 saturated heterocycles. The molecule has 1 nitrogen and oxygen atoms in total. The molecular formula is C23H31N. The minimum atomic E-state index is 0.0867. The van der Waals surface area contributed by atoms with Crippen molar-refractivity contribution in [2.24, 2.45) is 34.3 Å². The van der Waals surface area contributed by atoms with Crippen LogP contribution in [0.2, 0.25) is 0 Å². The van der Waals surface area contributed by atoms with E-state index in [1.54, 1.807) is 16.7 Å². The Morgan fingerprint density at radius 1 is 1.17 bits per heavy atom. The summed E-state index contributed by atoms with van der Waals surface area (Å²) in [6, 6.07) is 0. The summed E-state index contributed by atoms with van der Waals surface area (Å²) in [5, 5.41) is 0. The van der Waals surface area contributed by atoms with Crippen molar-refractivity contribution in [3.63, 3.8) is 0 Å². The van der Waals surface area contributed by atoms with Gasteiger partial charge in [0.2, 0.25) is 0 Å². The molecule has 2 N–H and O–H groups in total. The molecule has 0 fully saturated rings. The van der Waals surface area contributed by atoms with Crippen LogP contribution in [0.3, 0.4) is 0 Å². The molecular weight excluding hydrogens is 290 g/mol. The van der Waals surface area contributed by atoms with Crippen molar-refractivity contribution in [1.82, 2.24) is 0 Å². The smallest absolute Gasteiger partial charge is 0.0123 e. The van der Waals surface area contributed by atoms with Gasteiger partial charge in [-0.3, -0.25) is 0 Å². The number of rotatable bonds is 1. The van der Waals surface area contributed by atoms with E-state index in [2.05, 4.69) is 64.2 Å². The van der Waals surface area contributed by atoms with Crippen molar-refractivity contribution in [3.8, 4) is 0 Å². The lowest BCUT2D eigenvalue weighted by Gasteiger charge is -2.46. The zero-order valence-electron chi connectivity index (χ0n) is 15.6. The summed E-state index contributed by atoms with van der Waals surface area (Å²) < 4.78 is 0.